The van der Waals surface area contributed by atoms with Gasteiger partial charge in [0.1, 0.15) is 0 Å². The van der Waals surface area contributed by atoms with Gasteiger partial charge in [0.05, 0.1) is 5.25 Å². The third-order valence-corrected chi connectivity index (χ3v) is 6.06. The lowest BCUT2D eigenvalue weighted by atomic mass is 10.1. The van der Waals surface area contributed by atoms with Crippen molar-refractivity contribution in [1.82, 2.24) is 4.90 Å². The summed E-state index contributed by atoms with van der Waals surface area (Å²) in [6.45, 7) is 6.53. The van der Waals surface area contributed by atoms with Gasteiger partial charge in [-0.05, 0) is 62.4 Å². The first kappa shape index (κ1) is 19.8. The van der Waals surface area contributed by atoms with Crippen molar-refractivity contribution in [2.24, 2.45) is 0 Å². The number of Topliss-reactive ketones (excluding diaryl/α,β-unsaturated/α-hetero) is 1. The van der Waals surface area contributed by atoms with E-state index in [9.17, 15) is 9.59 Å². The molecule has 1 amide bonds. The van der Waals surface area contributed by atoms with Gasteiger partial charge >= 0.3 is 0 Å². The number of hydrogen-bond acceptors (Lipinski definition) is 4. The molecule has 0 radical (unpaired) electrons. The first-order chi connectivity index (χ1) is 12.9. The second kappa shape index (κ2) is 8.81. The molecule has 1 aliphatic heterocycles. The van der Waals surface area contributed by atoms with Crippen molar-refractivity contribution in [2.45, 2.75) is 24.0 Å². The SMILES string of the molecule is CC(=O)c1ccc(N2CCN(C(=O)[C@H](C)Sc3ccc(Cl)cc3)CC2)cc1. The zero-order valence-corrected chi connectivity index (χ0v) is 17.1. The van der Waals surface area contributed by atoms with Gasteiger partial charge in [-0.2, -0.15) is 0 Å². The van der Waals surface area contributed by atoms with Gasteiger partial charge in [0.2, 0.25) is 5.91 Å². The van der Waals surface area contributed by atoms with Crippen LogP contribution < -0.4 is 4.90 Å². The van der Waals surface area contributed by atoms with Crippen LogP contribution in [0.25, 0.3) is 0 Å². The van der Waals surface area contributed by atoms with Gasteiger partial charge in [-0.1, -0.05) is 11.6 Å². The van der Waals surface area contributed by atoms with Gasteiger partial charge in [0, 0.05) is 47.3 Å². The number of piperazine rings is 1. The molecule has 3 rings (SSSR count). The third-order valence-electron chi connectivity index (χ3n) is 4.70. The Morgan fingerprint density at radius 2 is 1.56 bits per heavy atom. The van der Waals surface area contributed by atoms with E-state index in [0.717, 1.165) is 29.2 Å². The van der Waals surface area contributed by atoms with E-state index in [1.165, 1.54) is 0 Å². The average Bonchev–Trinajstić information content (AvgIpc) is 2.69. The molecule has 1 fully saturated rings. The summed E-state index contributed by atoms with van der Waals surface area (Å²) in [4.78, 5) is 29.4. The fourth-order valence-electron chi connectivity index (χ4n) is 3.12. The maximum atomic E-state index is 12.8. The lowest BCUT2D eigenvalue weighted by Gasteiger charge is -2.37. The zero-order valence-electron chi connectivity index (χ0n) is 15.5. The van der Waals surface area contributed by atoms with Crippen molar-refractivity contribution >= 4 is 40.7 Å². The minimum absolute atomic E-state index is 0.0733. The highest BCUT2D eigenvalue weighted by atomic mass is 35.5. The topological polar surface area (TPSA) is 40.6 Å². The Hall–Kier alpha value is -1.98. The maximum absolute atomic E-state index is 12.8. The van der Waals surface area contributed by atoms with Crippen LogP contribution in [0.4, 0.5) is 5.69 Å². The Morgan fingerprint density at radius 1 is 0.963 bits per heavy atom. The van der Waals surface area contributed by atoms with Gasteiger partial charge in [-0.3, -0.25) is 9.59 Å². The number of nitrogens with zero attached hydrogens (tertiary/aromatic N) is 2. The van der Waals surface area contributed by atoms with Crippen LogP contribution in [0.3, 0.4) is 0 Å². The van der Waals surface area contributed by atoms with E-state index in [1.54, 1.807) is 18.7 Å². The van der Waals surface area contributed by atoms with Gasteiger partial charge in [-0.25, -0.2) is 0 Å². The van der Waals surface area contributed by atoms with E-state index in [-0.39, 0.29) is 16.9 Å². The molecule has 4 nitrogen and oxygen atoms in total. The molecule has 1 heterocycles. The molecule has 0 saturated carbocycles. The zero-order chi connectivity index (χ0) is 19.4. The first-order valence-corrected chi connectivity index (χ1v) is 10.3. The van der Waals surface area contributed by atoms with Crippen molar-refractivity contribution in [3.05, 3.63) is 59.1 Å². The number of halogens is 1. The summed E-state index contributed by atoms with van der Waals surface area (Å²) in [6.07, 6.45) is 0. The Balaban J connectivity index is 1.54. The van der Waals surface area contributed by atoms with Gasteiger partial charge in [-0.15, -0.1) is 11.8 Å². The van der Waals surface area contributed by atoms with Crippen molar-refractivity contribution in [2.75, 3.05) is 31.1 Å². The first-order valence-electron chi connectivity index (χ1n) is 9.01. The fourth-order valence-corrected chi connectivity index (χ4v) is 4.19. The van der Waals surface area contributed by atoms with E-state index < -0.39 is 0 Å². The summed E-state index contributed by atoms with van der Waals surface area (Å²) in [5.74, 6) is 0.241. The van der Waals surface area contributed by atoms with E-state index in [1.807, 2.05) is 60.4 Å². The van der Waals surface area contributed by atoms with Gasteiger partial charge in [0.25, 0.3) is 0 Å². The van der Waals surface area contributed by atoms with Crippen LogP contribution in [0.2, 0.25) is 5.02 Å². The highest BCUT2D eigenvalue weighted by Gasteiger charge is 2.25. The number of carbonyl (C=O) groups excluding carboxylic acids is 2. The number of thioether (sulfide) groups is 1. The lowest BCUT2D eigenvalue weighted by molar-refractivity contribution is -0.130. The number of carbonyl (C=O) groups is 2. The number of anilines is 1. The molecule has 2 aromatic rings. The monoisotopic (exact) mass is 402 g/mol. The predicted octanol–water partition coefficient (Wildman–Crippen LogP) is 4.37. The number of rotatable bonds is 5. The Morgan fingerprint density at radius 3 is 2.11 bits per heavy atom. The lowest BCUT2D eigenvalue weighted by Crippen LogP contribution is -2.50. The average molecular weight is 403 g/mol. The smallest absolute Gasteiger partial charge is 0.235 e. The molecule has 1 saturated heterocycles. The number of ketones is 1. The molecular formula is C21H23ClN2O2S. The maximum Gasteiger partial charge on any atom is 0.235 e. The number of benzene rings is 2. The summed E-state index contributed by atoms with van der Waals surface area (Å²) in [5.41, 5.74) is 1.82. The molecule has 0 aromatic heterocycles. The minimum atomic E-state index is -0.132. The second-order valence-electron chi connectivity index (χ2n) is 6.63. The fraction of sp³-hybridized carbons (Fsp3) is 0.333. The summed E-state index contributed by atoms with van der Waals surface area (Å²) < 4.78 is 0. The van der Waals surface area contributed by atoms with Crippen LogP contribution in [0.5, 0.6) is 0 Å². The summed E-state index contributed by atoms with van der Waals surface area (Å²) in [5, 5.41) is 0.568. The number of hydrogen-bond donors (Lipinski definition) is 0. The van der Waals surface area contributed by atoms with E-state index in [2.05, 4.69) is 4.90 Å². The molecule has 6 heteroatoms. The molecule has 0 spiro atoms. The van der Waals surface area contributed by atoms with E-state index in [4.69, 9.17) is 11.6 Å². The summed E-state index contributed by atoms with van der Waals surface area (Å²) in [7, 11) is 0. The summed E-state index contributed by atoms with van der Waals surface area (Å²) >= 11 is 7.48. The standard InChI is InChI=1S/C21H23ClN2O2S/c1-15(25)17-3-7-19(8-4-17)23-11-13-24(14-12-23)21(26)16(2)27-20-9-5-18(22)6-10-20/h3-10,16H,11-14H2,1-2H3/t16-/m0/s1. The minimum Gasteiger partial charge on any atom is -0.368 e. The van der Waals surface area contributed by atoms with Crippen molar-refractivity contribution in [3.8, 4) is 0 Å². The van der Waals surface area contributed by atoms with Crippen LogP contribution in [0.1, 0.15) is 24.2 Å². The second-order valence-corrected chi connectivity index (χ2v) is 8.48. The molecule has 27 heavy (non-hydrogen) atoms. The highest BCUT2D eigenvalue weighted by molar-refractivity contribution is 8.00. The van der Waals surface area contributed by atoms with E-state index >= 15 is 0 Å². The highest BCUT2D eigenvalue weighted by Crippen LogP contribution is 2.26. The van der Waals surface area contributed by atoms with Crippen molar-refractivity contribution < 1.29 is 9.59 Å². The quantitative estimate of drug-likeness (QED) is 0.550. The predicted molar refractivity (Wildman–Crippen MR) is 112 cm³/mol. The number of amides is 1. The van der Waals surface area contributed by atoms with Gasteiger partial charge < -0.3 is 9.80 Å². The molecule has 0 N–H and O–H groups in total. The Labute approximate surface area is 169 Å². The Bertz CT molecular complexity index is 800. The van der Waals surface area contributed by atoms with Gasteiger partial charge in [0.15, 0.2) is 5.78 Å². The molecule has 142 valence electrons. The van der Waals surface area contributed by atoms with Crippen molar-refractivity contribution in [1.29, 1.82) is 0 Å². The third kappa shape index (κ3) is 5.05. The molecule has 1 aliphatic rings. The van der Waals surface area contributed by atoms with Crippen LogP contribution in [-0.4, -0.2) is 48.0 Å². The van der Waals surface area contributed by atoms with Crippen LogP contribution in [-0.2, 0) is 4.79 Å². The molecule has 0 unspecified atom stereocenters. The molecular weight excluding hydrogens is 380 g/mol. The molecule has 1 atom stereocenters. The van der Waals surface area contributed by atoms with Crippen LogP contribution in [0.15, 0.2) is 53.4 Å². The van der Waals surface area contributed by atoms with Crippen LogP contribution in [0, 0.1) is 0 Å². The molecule has 0 bridgehead atoms. The normalized spacial score (nSPS) is 15.5. The Kier molecular flexibility index (Phi) is 6.45. The molecule has 2 aromatic carbocycles. The van der Waals surface area contributed by atoms with Crippen molar-refractivity contribution in [3.63, 3.8) is 0 Å². The van der Waals surface area contributed by atoms with Crippen LogP contribution >= 0.6 is 23.4 Å². The molecule has 0 aliphatic carbocycles. The summed E-state index contributed by atoms with van der Waals surface area (Å²) in [6, 6.07) is 15.3. The largest absolute Gasteiger partial charge is 0.368 e. The van der Waals surface area contributed by atoms with E-state index in [0.29, 0.717) is 18.1 Å².